The van der Waals surface area contributed by atoms with Crippen molar-refractivity contribution >= 4 is 6.29 Å². The van der Waals surface area contributed by atoms with Crippen molar-refractivity contribution in [3.05, 3.63) is 23.8 Å². The number of benzene rings is 1. The van der Waals surface area contributed by atoms with Gasteiger partial charge in [0.2, 0.25) is 0 Å². The van der Waals surface area contributed by atoms with Crippen LogP contribution in [0, 0.1) is 5.92 Å². The van der Waals surface area contributed by atoms with E-state index in [9.17, 15) is 9.90 Å². The molecule has 0 heterocycles. The van der Waals surface area contributed by atoms with Gasteiger partial charge in [0.05, 0.1) is 12.2 Å². The maximum absolute atomic E-state index is 10.5. The van der Waals surface area contributed by atoms with E-state index in [4.69, 9.17) is 4.74 Å². The highest BCUT2D eigenvalue weighted by molar-refractivity contribution is 5.80. The monoisotopic (exact) mass is 192 g/mol. The minimum atomic E-state index is -0.0526. The van der Waals surface area contributed by atoms with E-state index in [0.717, 1.165) is 0 Å². The van der Waals surface area contributed by atoms with Crippen LogP contribution in [0.2, 0.25) is 0 Å². The minimum absolute atomic E-state index is 0.0526. The normalized spacial score (nSPS) is 15.1. The van der Waals surface area contributed by atoms with Gasteiger partial charge in [-0.1, -0.05) is 6.07 Å². The number of carbonyl (C=O) groups excluding carboxylic acids is 1. The summed E-state index contributed by atoms with van der Waals surface area (Å²) in [5.74, 6) is 0.985. The second-order valence-corrected chi connectivity index (χ2v) is 3.57. The molecular formula is C11H12O3. The van der Waals surface area contributed by atoms with Crippen LogP contribution in [0.1, 0.15) is 23.2 Å². The Morgan fingerprint density at radius 1 is 1.50 bits per heavy atom. The Kier molecular flexibility index (Phi) is 2.39. The van der Waals surface area contributed by atoms with Gasteiger partial charge in [-0.05, 0) is 30.9 Å². The molecule has 1 fully saturated rings. The smallest absolute Gasteiger partial charge is 0.168 e. The standard InChI is InChI=1S/C11H12O3/c12-6-9-2-1-3-10(11(9)13)14-7-8-4-5-8/h1-3,6,8,13H,4-5,7H2. The molecule has 0 aromatic heterocycles. The molecule has 0 bridgehead atoms. The quantitative estimate of drug-likeness (QED) is 0.742. The lowest BCUT2D eigenvalue weighted by Crippen LogP contribution is -1.99. The first-order valence-corrected chi connectivity index (χ1v) is 4.71. The molecule has 1 N–H and O–H groups in total. The van der Waals surface area contributed by atoms with Crippen LogP contribution in [-0.4, -0.2) is 18.0 Å². The average Bonchev–Trinajstić information content (AvgIpc) is 3.00. The van der Waals surface area contributed by atoms with Crippen molar-refractivity contribution in [1.82, 2.24) is 0 Å². The molecule has 1 aliphatic carbocycles. The number of hydrogen-bond donors (Lipinski definition) is 1. The van der Waals surface area contributed by atoms with Crippen molar-refractivity contribution in [1.29, 1.82) is 0 Å². The number of para-hydroxylation sites is 1. The van der Waals surface area contributed by atoms with E-state index in [1.54, 1.807) is 18.2 Å². The number of carbonyl (C=O) groups is 1. The molecule has 0 saturated heterocycles. The maximum atomic E-state index is 10.5. The predicted octanol–water partition coefficient (Wildman–Crippen LogP) is 1.99. The van der Waals surface area contributed by atoms with Gasteiger partial charge in [0.15, 0.2) is 17.8 Å². The zero-order chi connectivity index (χ0) is 9.97. The molecule has 1 aromatic rings. The third-order valence-corrected chi connectivity index (χ3v) is 2.33. The van der Waals surface area contributed by atoms with Gasteiger partial charge in [-0.25, -0.2) is 0 Å². The average molecular weight is 192 g/mol. The Bertz CT molecular complexity index is 342. The van der Waals surface area contributed by atoms with E-state index in [0.29, 0.717) is 24.6 Å². The summed E-state index contributed by atoms with van der Waals surface area (Å²) < 4.78 is 5.39. The van der Waals surface area contributed by atoms with Gasteiger partial charge < -0.3 is 9.84 Å². The third kappa shape index (κ3) is 1.87. The van der Waals surface area contributed by atoms with E-state index < -0.39 is 0 Å². The molecule has 0 aliphatic heterocycles. The van der Waals surface area contributed by atoms with Gasteiger partial charge in [-0.2, -0.15) is 0 Å². The van der Waals surface area contributed by atoms with E-state index in [2.05, 4.69) is 0 Å². The first-order chi connectivity index (χ1) is 6.81. The van der Waals surface area contributed by atoms with Gasteiger partial charge in [-0.15, -0.1) is 0 Å². The van der Waals surface area contributed by atoms with Crippen LogP contribution in [0.15, 0.2) is 18.2 Å². The van der Waals surface area contributed by atoms with Crippen LogP contribution in [0.4, 0.5) is 0 Å². The zero-order valence-electron chi connectivity index (χ0n) is 7.77. The Labute approximate surface area is 82.3 Å². The summed E-state index contributed by atoms with van der Waals surface area (Å²) in [6.45, 7) is 0.635. The number of ether oxygens (including phenoxy) is 1. The van der Waals surface area contributed by atoms with Crippen LogP contribution in [0.25, 0.3) is 0 Å². The fourth-order valence-corrected chi connectivity index (χ4v) is 1.24. The molecule has 1 aromatic carbocycles. The molecule has 0 radical (unpaired) electrons. The molecule has 0 spiro atoms. The Hall–Kier alpha value is -1.51. The van der Waals surface area contributed by atoms with E-state index >= 15 is 0 Å². The van der Waals surface area contributed by atoms with Gasteiger partial charge in [0, 0.05) is 0 Å². The van der Waals surface area contributed by atoms with Crippen molar-refractivity contribution in [2.45, 2.75) is 12.8 Å². The summed E-state index contributed by atoms with van der Waals surface area (Å²) in [7, 11) is 0. The maximum Gasteiger partial charge on any atom is 0.168 e. The third-order valence-electron chi connectivity index (χ3n) is 2.33. The summed E-state index contributed by atoms with van der Waals surface area (Å²) in [6.07, 6.45) is 3.03. The van der Waals surface area contributed by atoms with E-state index in [1.165, 1.54) is 12.8 Å². The molecule has 1 saturated carbocycles. The highest BCUT2D eigenvalue weighted by Gasteiger charge is 2.22. The van der Waals surface area contributed by atoms with Gasteiger partial charge in [0.1, 0.15) is 0 Å². The summed E-state index contributed by atoms with van der Waals surface area (Å²) in [4.78, 5) is 10.5. The molecule has 0 amide bonds. The van der Waals surface area contributed by atoms with Crippen LogP contribution in [0.3, 0.4) is 0 Å². The largest absolute Gasteiger partial charge is 0.504 e. The number of phenols is 1. The second-order valence-electron chi connectivity index (χ2n) is 3.57. The highest BCUT2D eigenvalue weighted by Crippen LogP contribution is 2.33. The van der Waals surface area contributed by atoms with Gasteiger partial charge in [-0.3, -0.25) is 4.79 Å². The van der Waals surface area contributed by atoms with Crippen LogP contribution in [0.5, 0.6) is 11.5 Å². The molecule has 1 aliphatic rings. The van der Waals surface area contributed by atoms with Crippen molar-refractivity contribution in [2.24, 2.45) is 5.92 Å². The number of rotatable bonds is 4. The fourth-order valence-electron chi connectivity index (χ4n) is 1.24. The van der Waals surface area contributed by atoms with Crippen molar-refractivity contribution in [2.75, 3.05) is 6.61 Å². The van der Waals surface area contributed by atoms with Crippen LogP contribution >= 0.6 is 0 Å². The molecule has 0 atom stereocenters. The lowest BCUT2D eigenvalue weighted by atomic mass is 10.2. The Balaban J connectivity index is 2.10. The minimum Gasteiger partial charge on any atom is -0.504 e. The van der Waals surface area contributed by atoms with E-state index in [1.807, 2.05) is 0 Å². The number of phenolic OH excluding ortho intramolecular Hbond substituents is 1. The van der Waals surface area contributed by atoms with Crippen LogP contribution < -0.4 is 4.74 Å². The molecule has 0 unspecified atom stereocenters. The zero-order valence-corrected chi connectivity index (χ0v) is 7.77. The van der Waals surface area contributed by atoms with Crippen molar-refractivity contribution < 1.29 is 14.6 Å². The Morgan fingerprint density at radius 3 is 2.93 bits per heavy atom. The Morgan fingerprint density at radius 2 is 2.29 bits per heavy atom. The molecule has 14 heavy (non-hydrogen) atoms. The van der Waals surface area contributed by atoms with Crippen molar-refractivity contribution in [3.63, 3.8) is 0 Å². The molecule has 3 nitrogen and oxygen atoms in total. The molecule has 3 heteroatoms. The predicted molar refractivity (Wildman–Crippen MR) is 51.7 cm³/mol. The summed E-state index contributed by atoms with van der Waals surface area (Å²) in [5.41, 5.74) is 0.276. The van der Waals surface area contributed by atoms with Crippen molar-refractivity contribution in [3.8, 4) is 11.5 Å². The molecule has 2 rings (SSSR count). The lowest BCUT2D eigenvalue weighted by molar-refractivity contribution is 0.112. The van der Waals surface area contributed by atoms with Gasteiger partial charge in [0.25, 0.3) is 0 Å². The van der Waals surface area contributed by atoms with Gasteiger partial charge >= 0.3 is 0 Å². The topological polar surface area (TPSA) is 46.5 Å². The summed E-state index contributed by atoms with van der Waals surface area (Å²) >= 11 is 0. The number of aromatic hydroxyl groups is 1. The van der Waals surface area contributed by atoms with E-state index in [-0.39, 0.29) is 11.3 Å². The summed E-state index contributed by atoms with van der Waals surface area (Å²) in [5, 5.41) is 9.57. The number of hydrogen-bond acceptors (Lipinski definition) is 3. The first-order valence-electron chi connectivity index (χ1n) is 4.71. The summed E-state index contributed by atoms with van der Waals surface area (Å²) in [6, 6.07) is 4.93. The fraction of sp³-hybridized carbons (Fsp3) is 0.364. The SMILES string of the molecule is O=Cc1cccc(OCC2CC2)c1O. The lowest BCUT2D eigenvalue weighted by Gasteiger charge is -2.07. The highest BCUT2D eigenvalue weighted by atomic mass is 16.5. The molecule has 74 valence electrons. The second kappa shape index (κ2) is 3.70. The number of aldehydes is 1. The molecular weight excluding hydrogens is 180 g/mol. The first kappa shape index (κ1) is 9.06. The van der Waals surface area contributed by atoms with Crippen LogP contribution in [-0.2, 0) is 0 Å².